The zero-order valence-corrected chi connectivity index (χ0v) is 14.1. The van der Waals surface area contributed by atoms with E-state index in [1.807, 2.05) is 29.8 Å². The van der Waals surface area contributed by atoms with E-state index in [1.54, 1.807) is 7.11 Å². The summed E-state index contributed by atoms with van der Waals surface area (Å²) in [7, 11) is 1.75. The molecule has 0 bridgehead atoms. The van der Waals surface area contributed by atoms with E-state index in [9.17, 15) is 4.79 Å². The highest BCUT2D eigenvalue weighted by molar-refractivity contribution is 5.89. The molecule has 0 saturated heterocycles. The summed E-state index contributed by atoms with van der Waals surface area (Å²) < 4.78 is 12.6. The van der Waals surface area contributed by atoms with Crippen LogP contribution in [0.5, 0.6) is 0 Å². The van der Waals surface area contributed by atoms with Gasteiger partial charge in [0.1, 0.15) is 0 Å². The van der Waals surface area contributed by atoms with Crippen molar-refractivity contribution < 1.29 is 14.3 Å². The van der Waals surface area contributed by atoms with Crippen LogP contribution in [-0.2, 0) is 22.4 Å². The molecular formula is C19H22N2O3. The lowest BCUT2D eigenvalue weighted by atomic mass is 10.1. The third kappa shape index (κ3) is 2.44. The van der Waals surface area contributed by atoms with Gasteiger partial charge in [0, 0.05) is 30.9 Å². The Bertz CT molecular complexity index is 753. The number of rotatable bonds is 6. The minimum absolute atomic E-state index is 0.301. The fourth-order valence-electron chi connectivity index (χ4n) is 4.11. The fraction of sp³-hybridized carbons (Fsp3) is 0.474. The molecule has 1 fully saturated rings. The predicted octanol–water partition coefficient (Wildman–Crippen LogP) is 2.64. The first-order valence-electron chi connectivity index (χ1n) is 8.54. The van der Waals surface area contributed by atoms with Gasteiger partial charge in [-0.25, -0.2) is 4.79 Å². The molecule has 0 unspecified atom stereocenters. The van der Waals surface area contributed by atoms with Crippen molar-refractivity contribution in [2.24, 2.45) is 11.8 Å². The molecule has 0 amide bonds. The van der Waals surface area contributed by atoms with Crippen molar-refractivity contribution in [2.45, 2.75) is 25.8 Å². The molecule has 5 heteroatoms. The minimum Gasteiger partial charge on any atom is -0.461 e. The molecule has 0 N–H and O–H groups in total. The molecule has 0 aliphatic heterocycles. The van der Waals surface area contributed by atoms with Gasteiger partial charge >= 0.3 is 5.97 Å². The van der Waals surface area contributed by atoms with Crippen LogP contribution in [0.15, 0.2) is 30.3 Å². The minimum atomic E-state index is -0.301. The summed E-state index contributed by atoms with van der Waals surface area (Å²) >= 11 is 0. The van der Waals surface area contributed by atoms with Gasteiger partial charge in [0.05, 0.1) is 13.2 Å². The standard InChI is InChI=1S/C19H22N2O3/c1-3-24-19(22)17-14-9-13-15(11-23-2)16(13)18(14)21(20-17)10-12-7-5-4-6-8-12/h4-8,13,15-16H,3,9-11H2,1-2H3/t13-,15-,16-/m0/s1. The number of hydrogen-bond acceptors (Lipinski definition) is 4. The molecule has 0 spiro atoms. The maximum Gasteiger partial charge on any atom is 0.359 e. The number of carbonyl (C=O) groups is 1. The SMILES string of the molecule is CCOC(=O)c1nn(Cc2ccccc2)c2c1C[C@H]1[C@H](COC)[C@@H]21. The topological polar surface area (TPSA) is 53.3 Å². The second-order valence-electron chi connectivity index (χ2n) is 6.59. The molecule has 4 rings (SSSR count). The molecule has 3 atom stereocenters. The van der Waals surface area contributed by atoms with Crippen LogP contribution in [0, 0.1) is 11.8 Å². The summed E-state index contributed by atoms with van der Waals surface area (Å²) in [5, 5.41) is 4.62. The third-order valence-corrected chi connectivity index (χ3v) is 5.18. The predicted molar refractivity (Wildman–Crippen MR) is 89.0 cm³/mol. The van der Waals surface area contributed by atoms with Crippen molar-refractivity contribution in [3.8, 4) is 0 Å². The average Bonchev–Trinajstić information content (AvgIpc) is 2.94. The molecule has 5 nitrogen and oxygen atoms in total. The monoisotopic (exact) mass is 326 g/mol. The Morgan fingerprint density at radius 1 is 1.33 bits per heavy atom. The third-order valence-electron chi connectivity index (χ3n) is 5.18. The van der Waals surface area contributed by atoms with Gasteiger partial charge in [-0.3, -0.25) is 4.68 Å². The summed E-state index contributed by atoms with van der Waals surface area (Å²) in [5.41, 5.74) is 4.00. The van der Waals surface area contributed by atoms with Gasteiger partial charge < -0.3 is 9.47 Å². The van der Waals surface area contributed by atoms with Crippen LogP contribution < -0.4 is 0 Å². The highest BCUT2D eigenvalue weighted by Crippen LogP contribution is 2.62. The van der Waals surface area contributed by atoms with E-state index in [1.165, 1.54) is 11.3 Å². The molecule has 2 aliphatic rings. The van der Waals surface area contributed by atoms with Crippen molar-refractivity contribution in [3.05, 3.63) is 52.8 Å². The van der Waals surface area contributed by atoms with Gasteiger partial charge in [0.25, 0.3) is 0 Å². The summed E-state index contributed by atoms with van der Waals surface area (Å²) in [6.07, 6.45) is 0.914. The number of ether oxygens (including phenoxy) is 2. The molecule has 1 aromatic carbocycles. The molecule has 1 saturated carbocycles. The van der Waals surface area contributed by atoms with E-state index in [2.05, 4.69) is 17.2 Å². The van der Waals surface area contributed by atoms with Crippen LogP contribution in [0.2, 0.25) is 0 Å². The smallest absolute Gasteiger partial charge is 0.359 e. The van der Waals surface area contributed by atoms with Gasteiger partial charge in [-0.15, -0.1) is 0 Å². The molecule has 1 heterocycles. The van der Waals surface area contributed by atoms with Crippen molar-refractivity contribution in [2.75, 3.05) is 20.3 Å². The van der Waals surface area contributed by atoms with Crippen LogP contribution in [0.4, 0.5) is 0 Å². The Morgan fingerprint density at radius 3 is 2.83 bits per heavy atom. The lowest BCUT2D eigenvalue weighted by Crippen LogP contribution is -2.10. The largest absolute Gasteiger partial charge is 0.461 e. The quantitative estimate of drug-likeness (QED) is 0.766. The van der Waals surface area contributed by atoms with E-state index in [0.717, 1.165) is 18.6 Å². The van der Waals surface area contributed by atoms with Crippen LogP contribution in [0.1, 0.15) is 40.2 Å². The Balaban J connectivity index is 1.68. The Kier molecular flexibility index (Phi) is 3.88. The summed E-state index contributed by atoms with van der Waals surface area (Å²) in [6, 6.07) is 10.2. The Labute approximate surface area is 141 Å². The van der Waals surface area contributed by atoms with Crippen molar-refractivity contribution >= 4 is 5.97 Å². The number of carbonyl (C=O) groups excluding carboxylic acids is 1. The maximum absolute atomic E-state index is 12.3. The van der Waals surface area contributed by atoms with Crippen molar-refractivity contribution in [3.63, 3.8) is 0 Å². The zero-order chi connectivity index (χ0) is 16.7. The Morgan fingerprint density at radius 2 is 2.12 bits per heavy atom. The van der Waals surface area contributed by atoms with E-state index < -0.39 is 0 Å². The van der Waals surface area contributed by atoms with E-state index in [0.29, 0.717) is 36.6 Å². The molecule has 2 aliphatic carbocycles. The summed E-state index contributed by atoms with van der Waals surface area (Å²) in [4.78, 5) is 12.3. The highest BCUT2D eigenvalue weighted by atomic mass is 16.5. The van der Waals surface area contributed by atoms with Gasteiger partial charge in [-0.2, -0.15) is 5.10 Å². The lowest BCUT2D eigenvalue weighted by Gasteiger charge is -2.08. The Hall–Kier alpha value is -2.14. The van der Waals surface area contributed by atoms with Crippen LogP contribution in [0.3, 0.4) is 0 Å². The second-order valence-corrected chi connectivity index (χ2v) is 6.59. The van der Waals surface area contributed by atoms with Gasteiger partial charge in [-0.1, -0.05) is 30.3 Å². The number of esters is 1. The summed E-state index contributed by atoms with van der Waals surface area (Å²) in [5.74, 6) is 1.32. The van der Waals surface area contributed by atoms with Crippen LogP contribution >= 0.6 is 0 Å². The average molecular weight is 326 g/mol. The first-order valence-corrected chi connectivity index (χ1v) is 8.54. The number of hydrogen-bond donors (Lipinski definition) is 0. The summed E-state index contributed by atoms with van der Waals surface area (Å²) in [6.45, 7) is 3.66. The van der Waals surface area contributed by atoms with Gasteiger partial charge in [0.2, 0.25) is 0 Å². The van der Waals surface area contributed by atoms with E-state index in [-0.39, 0.29) is 5.97 Å². The van der Waals surface area contributed by atoms with E-state index in [4.69, 9.17) is 9.47 Å². The zero-order valence-electron chi connectivity index (χ0n) is 14.1. The first kappa shape index (κ1) is 15.4. The molecule has 1 aromatic heterocycles. The maximum atomic E-state index is 12.3. The van der Waals surface area contributed by atoms with Crippen LogP contribution in [-0.4, -0.2) is 36.1 Å². The second kappa shape index (κ2) is 6.06. The number of benzene rings is 1. The van der Waals surface area contributed by atoms with Crippen LogP contribution in [0.25, 0.3) is 0 Å². The van der Waals surface area contributed by atoms with E-state index >= 15 is 0 Å². The number of aromatic nitrogens is 2. The first-order chi connectivity index (χ1) is 11.7. The number of fused-ring (bicyclic) bond motifs is 3. The molecular weight excluding hydrogens is 304 g/mol. The van der Waals surface area contributed by atoms with Crippen molar-refractivity contribution in [1.29, 1.82) is 0 Å². The fourth-order valence-corrected chi connectivity index (χ4v) is 4.11. The number of nitrogens with zero attached hydrogens (tertiary/aromatic N) is 2. The molecule has 126 valence electrons. The molecule has 0 radical (unpaired) electrons. The van der Waals surface area contributed by atoms with Gasteiger partial charge in [0.15, 0.2) is 5.69 Å². The molecule has 2 aromatic rings. The molecule has 24 heavy (non-hydrogen) atoms. The van der Waals surface area contributed by atoms with Crippen molar-refractivity contribution in [1.82, 2.24) is 9.78 Å². The normalized spacial score (nSPS) is 23.7. The highest BCUT2D eigenvalue weighted by Gasteiger charge is 2.58. The lowest BCUT2D eigenvalue weighted by molar-refractivity contribution is 0.0517. The number of methoxy groups -OCH3 is 1. The van der Waals surface area contributed by atoms with Gasteiger partial charge in [-0.05, 0) is 30.7 Å².